The number of thiophene rings is 1. The maximum absolute atomic E-state index is 5.95. The molecule has 1 unspecified atom stereocenters. The van der Waals surface area contributed by atoms with Crippen molar-refractivity contribution in [1.82, 2.24) is 9.80 Å². The Hall–Kier alpha value is -0.420. The second-order valence-corrected chi connectivity index (χ2v) is 5.89. The molecule has 2 heterocycles. The van der Waals surface area contributed by atoms with Crippen LogP contribution in [0.5, 0.6) is 0 Å². The molecule has 17 heavy (non-hydrogen) atoms. The lowest BCUT2D eigenvalue weighted by molar-refractivity contribution is 0.0940. The molecular weight excluding hydrogens is 230 g/mol. The largest absolute Gasteiger partial charge is 0.329 e. The molecule has 1 aromatic heterocycles. The van der Waals surface area contributed by atoms with E-state index in [1.807, 2.05) is 0 Å². The summed E-state index contributed by atoms with van der Waals surface area (Å²) < 4.78 is 0. The molecule has 94 valence electrons. The fourth-order valence-corrected chi connectivity index (χ4v) is 3.52. The standard InChI is InChI=1S/C13H21N3S/c14-9-13(11-3-8-17-10-11)16-6-4-15(5-7-16)12-1-2-12/h3,8,10,12-13H,1-2,4-7,9,14H2. The third-order valence-corrected chi connectivity index (χ3v) is 4.71. The van der Waals surface area contributed by atoms with Crippen molar-refractivity contribution in [3.8, 4) is 0 Å². The zero-order chi connectivity index (χ0) is 11.7. The van der Waals surface area contributed by atoms with Crippen molar-refractivity contribution in [1.29, 1.82) is 0 Å². The average molecular weight is 251 g/mol. The summed E-state index contributed by atoms with van der Waals surface area (Å²) in [5.41, 5.74) is 7.35. The normalized spacial score (nSPS) is 25.0. The van der Waals surface area contributed by atoms with Crippen molar-refractivity contribution in [3.05, 3.63) is 22.4 Å². The minimum absolute atomic E-state index is 0.433. The van der Waals surface area contributed by atoms with Gasteiger partial charge in [-0.15, -0.1) is 0 Å². The second-order valence-electron chi connectivity index (χ2n) is 5.11. The smallest absolute Gasteiger partial charge is 0.0479 e. The molecule has 3 rings (SSSR count). The predicted octanol–water partition coefficient (Wildman–Crippen LogP) is 1.53. The molecule has 0 aromatic carbocycles. The van der Waals surface area contributed by atoms with E-state index in [1.165, 1.54) is 44.6 Å². The van der Waals surface area contributed by atoms with Crippen LogP contribution in [-0.2, 0) is 0 Å². The van der Waals surface area contributed by atoms with Gasteiger partial charge in [-0.05, 0) is 35.2 Å². The summed E-state index contributed by atoms with van der Waals surface area (Å²) in [6.07, 6.45) is 2.84. The summed E-state index contributed by atoms with van der Waals surface area (Å²) in [4.78, 5) is 5.21. The van der Waals surface area contributed by atoms with Crippen molar-refractivity contribution in [2.75, 3.05) is 32.7 Å². The average Bonchev–Trinajstić information content (AvgIpc) is 3.09. The first-order valence-corrected chi connectivity index (χ1v) is 7.53. The highest BCUT2D eigenvalue weighted by atomic mass is 32.1. The molecule has 1 atom stereocenters. The fraction of sp³-hybridized carbons (Fsp3) is 0.692. The van der Waals surface area contributed by atoms with Crippen LogP contribution in [0, 0.1) is 0 Å². The molecule has 2 fully saturated rings. The summed E-state index contributed by atoms with van der Waals surface area (Å²) in [5.74, 6) is 0. The van der Waals surface area contributed by atoms with E-state index >= 15 is 0 Å². The van der Waals surface area contributed by atoms with Crippen LogP contribution < -0.4 is 5.73 Å². The van der Waals surface area contributed by atoms with Crippen LogP contribution in [0.2, 0.25) is 0 Å². The van der Waals surface area contributed by atoms with Crippen molar-refractivity contribution in [3.63, 3.8) is 0 Å². The van der Waals surface area contributed by atoms with Crippen LogP contribution in [0.1, 0.15) is 24.4 Å². The quantitative estimate of drug-likeness (QED) is 0.881. The van der Waals surface area contributed by atoms with Crippen molar-refractivity contribution in [2.24, 2.45) is 5.73 Å². The molecule has 2 aliphatic rings. The molecule has 1 aromatic rings. The number of nitrogens with zero attached hydrogens (tertiary/aromatic N) is 2. The van der Waals surface area contributed by atoms with Crippen molar-refractivity contribution in [2.45, 2.75) is 24.9 Å². The van der Waals surface area contributed by atoms with Crippen LogP contribution in [0.25, 0.3) is 0 Å². The molecule has 1 saturated heterocycles. The molecule has 2 N–H and O–H groups in total. The molecule has 4 heteroatoms. The lowest BCUT2D eigenvalue weighted by Crippen LogP contribution is -2.49. The van der Waals surface area contributed by atoms with Gasteiger partial charge in [0.05, 0.1) is 0 Å². The fourth-order valence-electron chi connectivity index (χ4n) is 2.81. The Morgan fingerprint density at radius 3 is 2.59 bits per heavy atom. The molecule has 1 saturated carbocycles. The van der Waals surface area contributed by atoms with E-state index < -0.39 is 0 Å². The molecule has 0 spiro atoms. The Morgan fingerprint density at radius 2 is 2.06 bits per heavy atom. The maximum Gasteiger partial charge on any atom is 0.0479 e. The number of nitrogens with two attached hydrogens (primary N) is 1. The van der Waals surface area contributed by atoms with E-state index in [0.29, 0.717) is 6.04 Å². The van der Waals surface area contributed by atoms with Gasteiger partial charge in [-0.3, -0.25) is 9.80 Å². The van der Waals surface area contributed by atoms with E-state index in [-0.39, 0.29) is 0 Å². The van der Waals surface area contributed by atoms with Gasteiger partial charge in [0.15, 0.2) is 0 Å². The summed E-state index contributed by atoms with van der Waals surface area (Å²) >= 11 is 1.77. The van der Waals surface area contributed by atoms with Crippen LogP contribution in [-0.4, -0.2) is 48.6 Å². The first-order chi connectivity index (χ1) is 8.38. The van der Waals surface area contributed by atoms with Gasteiger partial charge < -0.3 is 5.73 Å². The van der Waals surface area contributed by atoms with Crippen LogP contribution in [0.3, 0.4) is 0 Å². The van der Waals surface area contributed by atoms with Gasteiger partial charge in [-0.1, -0.05) is 0 Å². The first-order valence-electron chi connectivity index (χ1n) is 6.59. The number of hydrogen-bond acceptors (Lipinski definition) is 4. The third kappa shape index (κ3) is 2.55. The van der Waals surface area contributed by atoms with E-state index in [9.17, 15) is 0 Å². The topological polar surface area (TPSA) is 32.5 Å². The van der Waals surface area contributed by atoms with Crippen LogP contribution >= 0.6 is 11.3 Å². The summed E-state index contributed by atoms with van der Waals surface area (Å²) in [5, 5.41) is 4.39. The molecule has 0 radical (unpaired) electrons. The first kappa shape index (κ1) is 11.7. The van der Waals surface area contributed by atoms with Gasteiger partial charge in [0.1, 0.15) is 0 Å². The zero-order valence-corrected chi connectivity index (χ0v) is 11.0. The lowest BCUT2D eigenvalue weighted by atomic mass is 10.1. The van der Waals surface area contributed by atoms with Gasteiger partial charge in [-0.25, -0.2) is 0 Å². The van der Waals surface area contributed by atoms with Gasteiger partial charge in [0.2, 0.25) is 0 Å². The molecule has 3 nitrogen and oxygen atoms in total. The molecule has 0 amide bonds. The zero-order valence-electron chi connectivity index (χ0n) is 10.2. The highest BCUT2D eigenvalue weighted by Crippen LogP contribution is 2.29. The molecule has 1 aliphatic heterocycles. The van der Waals surface area contributed by atoms with E-state index in [2.05, 4.69) is 26.6 Å². The van der Waals surface area contributed by atoms with Crippen LogP contribution in [0.4, 0.5) is 0 Å². The maximum atomic E-state index is 5.95. The lowest BCUT2D eigenvalue weighted by Gasteiger charge is -2.39. The predicted molar refractivity (Wildman–Crippen MR) is 72.3 cm³/mol. The summed E-state index contributed by atoms with van der Waals surface area (Å²) in [7, 11) is 0. The van der Waals surface area contributed by atoms with Crippen molar-refractivity contribution >= 4 is 11.3 Å². The molecular formula is C13H21N3S. The van der Waals surface area contributed by atoms with Gasteiger partial charge >= 0.3 is 0 Å². The van der Waals surface area contributed by atoms with Gasteiger partial charge in [-0.2, -0.15) is 11.3 Å². The minimum Gasteiger partial charge on any atom is -0.329 e. The van der Waals surface area contributed by atoms with Gasteiger partial charge in [0.25, 0.3) is 0 Å². The molecule has 1 aliphatic carbocycles. The van der Waals surface area contributed by atoms with E-state index in [0.717, 1.165) is 12.6 Å². The second kappa shape index (κ2) is 5.06. The number of piperazine rings is 1. The van der Waals surface area contributed by atoms with E-state index in [4.69, 9.17) is 5.73 Å². The third-order valence-electron chi connectivity index (χ3n) is 4.00. The Labute approximate surface area is 107 Å². The SMILES string of the molecule is NCC(c1ccsc1)N1CCN(C2CC2)CC1. The monoisotopic (exact) mass is 251 g/mol. The van der Waals surface area contributed by atoms with Crippen molar-refractivity contribution < 1.29 is 0 Å². The highest BCUT2D eigenvalue weighted by molar-refractivity contribution is 7.07. The van der Waals surface area contributed by atoms with Gasteiger partial charge in [0, 0.05) is 44.8 Å². The Bertz CT molecular complexity index is 340. The summed E-state index contributed by atoms with van der Waals surface area (Å²) in [6, 6.07) is 3.56. The Kier molecular flexibility index (Phi) is 3.47. The highest BCUT2D eigenvalue weighted by Gasteiger charge is 2.32. The Morgan fingerprint density at radius 1 is 1.29 bits per heavy atom. The Balaban J connectivity index is 1.60. The molecule has 0 bridgehead atoms. The number of rotatable bonds is 4. The number of hydrogen-bond donors (Lipinski definition) is 1. The summed E-state index contributed by atoms with van der Waals surface area (Å²) in [6.45, 7) is 5.54. The minimum atomic E-state index is 0.433. The van der Waals surface area contributed by atoms with Crippen LogP contribution in [0.15, 0.2) is 16.8 Å². The van der Waals surface area contributed by atoms with E-state index in [1.54, 1.807) is 11.3 Å².